The lowest BCUT2D eigenvalue weighted by atomic mass is 10.2. The molecule has 7 heteroatoms. The van der Waals surface area contributed by atoms with Crippen molar-refractivity contribution in [3.63, 3.8) is 0 Å². The van der Waals surface area contributed by atoms with E-state index in [2.05, 4.69) is 36.6 Å². The molecule has 0 bridgehead atoms. The molecule has 2 nitrogen and oxygen atoms in total. The third-order valence-electron chi connectivity index (χ3n) is 1.45. The van der Waals surface area contributed by atoms with Gasteiger partial charge in [-0.3, -0.25) is 4.79 Å². The molecule has 1 aromatic carbocycles. The van der Waals surface area contributed by atoms with Crippen LogP contribution in [0.15, 0.2) is 21.1 Å². The van der Waals surface area contributed by atoms with Gasteiger partial charge in [0.1, 0.15) is 5.75 Å². The molecule has 0 heterocycles. The summed E-state index contributed by atoms with van der Waals surface area (Å²) in [5, 5.41) is -0.689. The van der Waals surface area contributed by atoms with Crippen LogP contribution in [-0.2, 0) is 0 Å². The number of hydrogen-bond acceptors (Lipinski definition) is 2. The molecule has 1 aromatic rings. The zero-order chi connectivity index (χ0) is 11.6. The predicted octanol–water partition coefficient (Wildman–Crippen LogP) is 4.19. The molecule has 0 saturated heterocycles. The van der Waals surface area contributed by atoms with Crippen LogP contribution in [0.4, 0.5) is 8.78 Å². The summed E-state index contributed by atoms with van der Waals surface area (Å²) in [6.45, 7) is -2.93. The summed E-state index contributed by atoms with van der Waals surface area (Å²) in [7, 11) is 0. The number of carbonyl (C=O) groups excluding carboxylic acids is 1. The van der Waals surface area contributed by atoms with Gasteiger partial charge >= 0.3 is 6.61 Å². The van der Waals surface area contributed by atoms with E-state index in [1.807, 2.05) is 0 Å². The van der Waals surface area contributed by atoms with Gasteiger partial charge in [0, 0.05) is 10.0 Å². The van der Waals surface area contributed by atoms with Crippen molar-refractivity contribution in [3.8, 4) is 5.75 Å². The lowest BCUT2D eigenvalue weighted by Gasteiger charge is -2.08. The summed E-state index contributed by atoms with van der Waals surface area (Å²) < 4.78 is 28.6. The fraction of sp³-hybridized carbons (Fsp3) is 0.125. The van der Waals surface area contributed by atoms with Crippen LogP contribution in [0, 0.1) is 0 Å². The van der Waals surface area contributed by atoms with E-state index in [9.17, 15) is 13.6 Å². The molecule has 15 heavy (non-hydrogen) atoms. The van der Waals surface area contributed by atoms with Crippen LogP contribution in [0.1, 0.15) is 10.4 Å². The topological polar surface area (TPSA) is 26.3 Å². The lowest BCUT2D eigenvalue weighted by Crippen LogP contribution is -2.03. The maximum atomic E-state index is 11.9. The Kier molecular flexibility index (Phi) is 4.48. The van der Waals surface area contributed by atoms with E-state index < -0.39 is 11.9 Å². The highest BCUT2D eigenvalue weighted by Gasteiger charge is 2.14. The van der Waals surface area contributed by atoms with Crippen LogP contribution >= 0.6 is 43.5 Å². The molecule has 0 radical (unpaired) electrons. The standard InChI is InChI=1S/C8H3Br2ClF2O2/c9-4-2-6(15-8(12)13)5(10)1-3(4)7(11)14/h1-2,8H. The molecule has 0 unspecified atom stereocenters. The Hall–Kier alpha value is -0.200. The summed E-state index contributed by atoms with van der Waals surface area (Å²) >= 11 is 11.3. The Balaban J connectivity index is 3.13. The molecule has 82 valence electrons. The minimum absolute atomic E-state index is 0.0708. The summed E-state index contributed by atoms with van der Waals surface area (Å²) in [5.74, 6) is -0.0708. The van der Waals surface area contributed by atoms with Crippen LogP contribution in [0.2, 0.25) is 0 Å². The lowest BCUT2D eigenvalue weighted by molar-refractivity contribution is -0.0503. The first-order chi connectivity index (χ1) is 6.91. The molecule has 0 atom stereocenters. The van der Waals surface area contributed by atoms with Gasteiger partial charge in [0.2, 0.25) is 0 Å². The first kappa shape index (κ1) is 12.9. The predicted molar refractivity (Wildman–Crippen MR) is 58.7 cm³/mol. The van der Waals surface area contributed by atoms with E-state index in [1.165, 1.54) is 12.1 Å². The van der Waals surface area contributed by atoms with Gasteiger partial charge in [-0.1, -0.05) is 0 Å². The number of hydrogen-bond donors (Lipinski definition) is 0. The second-order valence-corrected chi connectivity index (χ2v) is 4.47. The number of halogens is 5. The van der Waals surface area contributed by atoms with Crippen LogP contribution in [-0.4, -0.2) is 11.9 Å². The first-order valence-electron chi connectivity index (χ1n) is 3.55. The highest BCUT2D eigenvalue weighted by atomic mass is 79.9. The summed E-state index contributed by atoms with van der Waals surface area (Å²) in [6, 6.07) is 2.54. The number of rotatable bonds is 3. The van der Waals surface area contributed by atoms with E-state index in [4.69, 9.17) is 11.6 Å². The van der Waals surface area contributed by atoms with Crippen molar-refractivity contribution in [3.05, 3.63) is 26.6 Å². The Morgan fingerprint density at radius 1 is 1.33 bits per heavy atom. The summed E-state index contributed by atoms with van der Waals surface area (Å²) in [4.78, 5) is 10.9. The van der Waals surface area contributed by atoms with Crippen LogP contribution in [0.5, 0.6) is 5.75 Å². The van der Waals surface area contributed by atoms with E-state index in [-0.39, 0.29) is 15.8 Å². The van der Waals surface area contributed by atoms with Gasteiger partial charge in [-0.25, -0.2) is 0 Å². The maximum Gasteiger partial charge on any atom is 0.387 e. The molecule has 0 aliphatic carbocycles. The molecule has 0 amide bonds. The minimum atomic E-state index is -2.93. The minimum Gasteiger partial charge on any atom is -0.434 e. The smallest absolute Gasteiger partial charge is 0.387 e. The molecule has 0 spiro atoms. The van der Waals surface area contributed by atoms with Crippen molar-refractivity contribution in [1.29, 1.82) is 0 Å². The zero-order valence-electron chi connectivity index (χ0n) is 6.94. The molecular formula is C8H3Br2ClF2O2. The number of ether oxygens (including phenoxy) is 1. The van der Waals surface area contributed by atoms with Gasteiger partial charge in [0.15, 0.2) is 0 Å². The largest absolute Gasteiger partial charge is 0.434 e. The fourth-order valence-corrected chi connectivity index (χ4v) is 2.08. The van der Waals surface area contributed by atoms with Crippen LogP contribution in [0.25, 0.3) is 0 Å². The van der Waals surface area contributed by atoms with Crippen LogP contribution in [0.3, 0.4) is 0 Å². The average Bonchev–Trinajstić information content (AvgIpc) is 2.09. The highest BCUT2D eigenvalue weighted by Crippen LogP contribution is 2.33. The third kappa shape index (κ3) is 3.39. The molecule has 1 rings (SSSR count). The molecule has 0 N–H and O–H groups in total. The number of benzene rings is 1. The molecule has 0 aliphatic heterocycles. The summed E-state index contributed by atoms with van der Waals surface area (Å²) in [6.07, 6.45) is 0. The van der Waals surface area contributed by atoms with E-state index >= 15 is 0 Å². The maximum absolute atomic E-state index is 11.9. The van der Waals surface area contributed by atoms with E-state index in [0.717, 1.165) is 0 Å². The highest BCUT2D eigenvalue weighted by molar-refractivity contribution is 9.11. The third-order valence-corrected chi connectivity index (χ3v) is 2.93. The Bertz CT molecular complexity index is 398. The van der Waals surface area contributed by atoms with Gasteiger partial charge < -0.3 is 4.74 Å². The average molecular weight is 364 g/mol. The van der Waals surface area contributed by atoms with Crippen molar-refractivity contribution in [2.45, 2.75) is 6.61 Å². The SMILES string of the molecule is O=C(Cl)c1cc(Br)c(OC(F)F)cc1Br. The first-order valence-corrected chi connectivity index (χ1v) is 5.52. The number of carbonyl (C=O) groups is 1. The monoisotopic (exact) mass is 362 g/mol. The van der Waals surface area contributed by atoms with Gasteiger partial charge in [-0.05, 0) is 55.6 Å². The normalized spacial score (nSPS) is 10.5. The Labute approximate surface area is 106 Å². The molecule has 0 fully saturated rings. The van der Waals surface area contributed by atoms with Crippen LogP contribution < -0.4 is 4.74 Å². The van der Waals surface area contributed by atoms with Gasteiger partial charge in [-0.2, -0.15) is 8.78 Å². The van der Waals surface area contributed by atoms with Gasteiger partial charge in [-0.15, -0.1) is 0 Å². The van der Waals surface area contributed by atoms with Crippen molar-refractivity contribution in [2.75, 3.05) is 0 Å². The van der Waals surface area contributed by atoms with Gasteiger partial charge in [0.05, 0.1) is 4.47 Å². The molecule has 0 aromatic heterocycles. The zero-order valence-corrected chi connectivity index (χ0v) is 10.9. The molecule has 0 saturated carbocycles. The Morgan fingerprint density at radius 2 is 1.93 bits per heavy atom. The van der Waals surface area contributed by atoms with E-state index in [1.54, 1.807) is 0 Å². The second-order valence-electron chi connectivity index (χ2n) is 2.41. The second kappa shape index (κ2) is 5.23. The van der Waals surface area contributed by atoms with Crippen molar-refractivity contribution in [2.24, 2.45) is 0 Å². The van der Waals surface area contributed by atoms with Crippen molar-refractivity contribution < 1.29 is 18.3 Å². The van der Waals surface area contributed by atoms with Crippen molar-refractivity contribution >= 4 is 48.7 Å². The Morgan fingerprint density at radius 3 is 2.40 bits per heavy atom. The van der Waals surface area contributed by atoms with Gasteiger partial charge in [0.25, 0.3) is 5.24 Å². The van der Waals surface area contributed by atoms with Crippen molar-refractivity contribution in [1.82, 2.24) is 0 Å². The molecular weight excluding hydrogens is 361 g/mol. The van der Waals surface area contributed by atoms with E-state index in [0.29, 0.717) is 4.47 Å². The quantitative estimate of drug-likeness (QED) is 0.752. The summed E-state index contributed by atoms with van der Waals surface area (Å²) in [5.41, 5.74) is 0.171. The molecule has 0 aliphatic rings. The fourth-order valence-electron chi connectivity index (χ4n) is 0.866. The number of alkyl halides is 2.